The highest BCUT2D eigenvalue weighted by Crippen LogP contribution is 2.54. The van der Waals surface area contributed by atoms with Crippen LogP contribution in [0.2, 0.25) is 0 Å². The average Bonchev–Trinajstić information content (AvgIpc) is 1.60. The largest absolute Gasteiger partial charge is 0.362 e. The summed E-state index contributed by atoms with van der Waals surface area (Å²) in [7, 11) is 3.24. The highest BCUT2D eigenvalue weighted by molar-refractivity contribution is 7.83. The van der Waals surface area contributed by atoms with Crippen LogP contribution in [0.5, 0.6) is 0 Å². The summed E-state index contributed by atoms with van der Waals surface area (Å²) in [5, 5.41) is 0. The van der Waals surface area contributed by atoms with Gasteiger partial charge in [-0.3, -0.25) is 4.57 Å². The Labute approximate surface area is 66.6 Å². The molecular formula is C5H13ClNO2P. The minimum atomic E-state index is -3.02. The zero-order valence-corrected chi connectivity index (χ0v) is 8.32. The van der Waals surface area contributed by atoms with E-state index in [1.54, 1.807) is 27.9 Å². The van der Waals surface area contributed by atoms with Crippen molar-refractivity contribution in [3.05, 3.63) is 0 Å². The van der Waals surface area contributed by atoms with Crippen LogP contribution in [-0.2, 0) is 9.09 Å². The fourth-order valence-corrected chi connectivity index (χ4v) is 1.54. The van der Waals surface area contributed by atoms with Gasteiger partial charge < -0.3 is 4.52 Å². The SMILES string of the molecule is CC(C)OP(=O)(Cl)N(C)C. The van der Waals surface area contributed by atoms with Gasteiger partial charge >= 0.3 is 6.87 Å². The summed E-state index contributed by atoms with van der Waals surface area (Å²) < 4.78 is 17.5. The van der Waals surface area contributed by atoms with Crippen LogP contribution in [0.3, 0.4) is 0 Å². The highest BCUT2D eigenvalue weighted by Gasteiger charge is 2.23. The lowest BCUT2D eigenvalue weighted by atomic mass is 10.5. The quantitative estimate of drug-likeness (QED) is 0.632. The van der Waals surface area contributed by atoms with Gasteiger partial charge in [-0.15, -0.1) is 0 Å². The first-order chi connectivity index (χ1) is 4.36. The van der Waals surface area contributed by atoms with Crippen molar-refractivity contribution in [1.29, 1.82) is 0 Å². The van der Waals surface area contributed by atoms with E-state index in [1.807, 2.05) is 0 Å². The Kier molecular flexibility index (Phi) is 3.89. The molecule has 0 fully saturated rings. The van der Waals surface area contributed by atoms with E-state index < -0.39 is 6.87 Å². The van der Waals surface area contributed by atoms with Gasteiger partial charge in [0, 0.05) is 0 Å². The zero-order valence-electron chi connectivity index (χ0n) is 6.67. The molecule has 0 N–H and O–H groups in total. The Morgan fingerprint density at radius 1 is 1.50 bits per heavy atom. The third-order valence-corrected chi connectivity index (χ3v) is 3.60. The van der Waals surface area contributed by atoms with Crippen molar-refractivity contribution in [2.75, 3.05) is 14.1 Å². The molecule has 0 aromatic carbocycles. The molecule has 3 nitrogen and oxygen atoms in total. The van der Waals surface area contributed by atoms with Crippen LogP contribution in [-0.4, -0.2) is 24.9 Å². The van der Waals surface area contributed by atoms with Gasteiger partial charge in [-0.2, -0.15) is 0 Å². The Morgan fingerprint density at radius 3 is 2.00 bits per heavy atom. The Morgan fingerprint density at radius 2 is 1.90 bits per heavy atom. The third kappa shape index (κ3) is 3.57. The monoisotopic (exact) mass is 185 g/mol. The number of hydrogen-bond acceptors (Lipinski definition) is 2. The molecule has 10 heavy (non-hydrogen) atoms. The summed E-state index contributed by atoms with van der Waals surface area (Å²) in [4.78, 5) is 0. The maximum atomic E-state index is 11.2. The number of halogens is 1. The van der Waals surface area contributed by atoms with Gasteiger partial charge in [-0.1, -0.05) is 0 Å². The molecule has 0 aromatic rings. The van der Waals surface area contributed by atoms with Crippen LogP contribution in [0.25, 0.3) is 0 Å². The summed E-state index contributed by atoms with van der Waals surface area (Å²) in [6, 6.07) is 0. The normalized spacial score (nSPS) is 17.9. The Balaban J connectivity index is 4.01. The highest BCUT2D eigenvalue weighted by atomic mass is 35.7. The fraction of sp³-hybridized carbons (Fsp3) is 1.00. The first-order valence-electron chi connectivity index (χ1n) is 3.02. The average molecular weight is 186 g/mol. The standard InChI is InChI=1S/C5H13ClNO2P/c1-5(2)9-10(6,8)7(3)4/h5H,1-4H3. The summed E-state index contributed by atoms with van der Waals surface area (Å²) >= 11 is 5.53. The first-order valence-corrected chi connectivity index (χ1v) is 5.50. The predicted octanol–water partition coefficient (Wildman–Crippen LogP) is 2.32. The Bertz CT molecular complexity index is 149. The smallest absolute Gasteiger partial charge is 0.303 e. The maximum absolute atomic E-state index is 11.2. The van der Waals surface area contributed by atoms with Crippen molar-refractivity contribution in [3.8, 4) is 0 Å². The second-order valence-corrected chi connectivity index (χ2v) is 5.65. The van der Waals surface area contributed by atoms with Gasteiger partial charge in [0.05, 0.1) is 6.10 Å². The van der Waals surface area contributed by atoms with Gasteiger partial charge in [0.2, 0.25) is 0 Å². The third-order valence-electron chi connectivity index (χ3n) is 0.819. The van der Waals surface area contributed by atoms with Crippen molar-refractivity contribution in [3.63, 3.8) is 0 Å². The minimum absolute atomic E-state index is 0.106. The van der Waals surface area contributed by atoms with Crippen molar-refractivity contribution in [1.82, 2.24) is 4.67 Å². The van der Waals surface area contributed by atoms with Crippen LogP contribution in [0.1, 0.15) is 13.8 Å². The van der Waals surface area contributed by atoms with Crippen molar-refractivity contribution >= 4 is 18.1 Å². The molecule has 0 heterocycles. The maximum Gasteiger partial charge on any atom is 0.362 e. The number of nitrogens with zero attached hydrogens (tertiary/aromatic N) is 1. The first kappa shape index (κ1) is 10.4. The topological polar surface area (TPSA) is 29.5 Å². The van der Waals surface area contributed by atoms with E-state index in [0.29, 0.717) is 0 Å². The molecule has 5 heteroatoms. The minimum Gasteiger partial charge on any atom is -0.303 e. The van der Waals surface area contributed by atoms with E-state index in [0.717, 1.165) is 0 Å². The summed E-state index contributed by atoms with van der Waals surface area (Å²) in [5.41, 5.74) is 0. The zero-order chi connectivity index (χ0) is 8.36. The van der Waals surface area contributed by atoms with Crippen LogP contribution < -0.4 is 0 Å². The molecule has 0 rings (SSSR count). The summed E-state index contributed by atoms with van der Waals surface area (Å²) in [6.07, 6.45) is -0.106. The predicted molar refractivity (Wildman–Crippen MR) is 43.4 cm³/mol. The summed E-state index contributed by atoms with van der Waals surface area (Å²) in [6.45, 7) is 0.565. The van der Waals surface area contributed by atoms with E-state index in [1.165, 1.54) is 4.67 Å². The van der Waals surface area contributed by atoms with Gasteiger partial charge in [0.25, 0.3) is 0 Å². The lowest BCUT2D eigenvalue weighted by Crippen LogP contribution is -2.10. The fourth-order valence-electron chi connectivity index (χ4n) is 0.354. The van der Waals surface area contributed by atoms with Crippen molar-refractivity contribution in [2.45, 2.75) is 20.0 Å². The van der Waals surface area contributed by atoms with E-state index in [2.05, 4.69) is 0 Å². The second-order valence-electron chi connectivity index (χ2n) is 2.45. The van der Waals surface area contributed by atoms with E-state index in [-0.39, 0.29) is 6.10 Å². The Hall–Kier alpha value is 0.440. The molecule has 1 unspecified atom stereocenters. The molecule has 0 saturated heterocycles. The molecule has 0 radical (unpaired) electrons. The van der Waals surface area contributed by atoms with Gasteiger partial charge in [-0.05, 0) is 39.2 Å². The van der Waals surface area contributed by atoms with Gasteiger partial charge in [-0.25, -0.2) is 4.67 Å². The second kappa shape index (κ2) is 3.72. The number of hydrogen-bond donors (Lipinski definition) is 0. The molecule has 1 atom stereocenters. The van der Waals surface area contributed by atoms with Gasteiger partial charge in [0.15, 0.2) is 0 Å². The van der Waals surface area contributed by atoms with Crippen LogP contribution in [0.4, 0.5) is 0 Å². The van der Waals surface area contributed by atoms with Crippen molar-refractivity contribution < 1.29 is 9.09 Å². The molecular weight excluding hydrogens is 172 g/mol. The molecule has 0 aliphatic rings. The van der Waals surface area contributed by atoms with Crippen LogP contribution in [0.15, 0.2) is 0 Å². The van der Waals surface area contributed by atoms with Crippen LogP contribution in [0, 0.1) is 0 Å². The molecule has 0 amide bonds. The number of rotatable bonds is 3. The summed E-state index contributed by atoms with van der Waals surface area (Å²) in [5.74, 6) is 0. The molecule has 62 valence electrons. The molecule has 0 aliphatic heterocycles. The van der Waals surface area contributed by atoms with Crippen molar-refractivity contribution in [2.24, 2.45) is 0 Å². The molecule has 0 saturated carbocycles. The van der Waals surface area contributed by atoms with E-state index in [9.17, 15) is 4.57 Å². The van der Waals surface area contributed by atoms with E-state index in [4.69, 9.17) is 15.8 Å². The lowest BCUT2D eigenvalue weighted by Gasteiger charge is -2.19. The lowest BCUT2D eigenvalue weighted by molar-refractivity contribution is 0.231. The molecule has 0 aliphatic carbocycles. The van der Waals surface area contributed by atoms with Crippen LogP contribution >= 0.6 is 18.1 Å². The molecule has 0 bridgehead atoms. The molecule has 0 aromatic heterocycles. The molecule has 0 spiro atoms. The van der Waals surface area contributed by atoms with E-state index >= 15 is 0 Å². The van der Waals surface area contributed by atoms with Gasteiger partial charge in [0.1, 0.15) is 0 Å².